The van der Waals surface area contributed by atoms with Crippen molar-refractivity contribution in [3.05, 3.63) is 39.9 Å². The highest BCUT2D eigenvalue weighted by molar-refractivity contribution is 5.99. The smallest absolute Gasteiger partial charge is 0.311 e. The molecular weight excluding hydrogens is 266 g/mol. The Labute approximate surface area is 114 Å². The van der Waals surface area contributed by atoms with Gasteiger partial charge in [0.15, 0.2) is 0 Å². The second kappa shape index (κ2) is 6.98. The predicted molar refractivity (Wildman–Crippen MR) is 70.3 cm³/mol. The van der Waals surface area contributed by atoms with Crippen LogP contribution in [0.2, 0.25) is 0 Å². The SMILES string of the molecule is COC(=O)C/C(C)=N\NC(=O)c1ccc([N+](=O)[O-])cc1. The van der Waals surface area contributed by atoms with Crippen molar-refractivity contribution in [3.8, 4) is 0 Å². The van der Waals surface area contributed by atoms with Gasteiger partial charge < -0.3 is 4.74 Å². The zero-order valence-electron chi connectivity index (χ0n) is 11.0. The molecule has 0 saturated heterocycles. The molecule has 0 saturated carbocycles. The highest BCUT2D eigenvalue weighted by Crippen LogP contribution is 2.11. The summed E-state index contributed by atoms with van der Waals surface area (Å²) in [5.41, 5.74) is 2.75. The number of hydrogen-bond donors (Lipinski definition) is 1. The number of rotatable bonds is 5. The van der Waals surface area contributed by atoms with E-state index in [2.05, 4.69) is 15.3 Å². The Bertz CT molecular complexity index is 551. The van der Waals surface area contributed by atoms with Crippen molar-refractivity contribution in [2.24, 2.45) is 5.10 Å². The highest BCUT2D eigenvalue weighted by atomic mass is 16.6. The summed E-state index contributed by atoms with van der Waals surface area (Å²) in [5, 5.41) is 14.2. The van der Waals surface area contributed by atoms with E-state index in [-0.39, 0.29) is 17.7 Å². The Hall–Kier alpha value is -2.77. The number of nitro groups is 1. The first-order chi connectivity index (χ1) is 9.43. The van der Waals surface area contributed by atoms with Crippen molar-refractivity contribution in [2.45, 2.75) is 13.3 Å². The van der Waals surface area contributed by atoms with Crippen molar-refractivity contribution < 1.29 is 19.2 Å². The maximum Gasteiger partial charge on any atom is 0.311 e. The largest absolute Gasteiger partial charge is 0.469 e. The number of carbonyl (C=O) groups is 2. The Morgan fingerprint density at radius 3 is 2.45 bits per heavy atom. The number of nitrogens with one attached hydrogen (secondary N) is 1. The molecule has 0 bridgehead atoms. The molecule has 106 valence electrons. The van der Waals surface area contributed by atoms with Gasteiger partial charge in [-0.1, -0.05) is 0 Å². The maximum absolute atomic E-state index is 11.7. The fraction of sp³-hybridized carbons (Fsp3) is 0.250. The van der Waals surface area contributed by atoms with E-state index in [0.29, 0.717) is 5.71 Å². The fourth-order valence-corrected chi connectivity index (χ4v) is 1.27. The molecule has 0 fully saturated rings. The summed E-state index contributed by atoms with van der Waals surface area (Å²) >= 11 is 0. The monoisotopic (exact) mass is 279 g/mol. The average molecular weight is 279 g/mol. The minimum absolute atomic E-state index is 0.0307. The van der Waals surface area contributed by atoms with Gasteiger partial charge in [-0.05, 0) is 19.1 Å². The summed E-state index contributed by atoms with van der Waals surface area (Å²) in [5.74, 6) is -0.986. The Kier molecular flexibility index (Phi) is 5.33. The summed E-state index contributed by atoms with van der Waals surface area (Å²) in [7, 11) is 1.26. The molecule has 0 unspecified atom stereocenters. The third-order valence-corrected chi connectivity index (χ3v) is 2.32. The van der Waals surface area contributed by atoms with Crippen LogP contribution >= 0.6 is 0 Å². The van der Waals surface area contributed by atoms with Crippen molar-refractivity contribution in [1.29, 1.82) is 0 Å². The molecule has 0 atom stereocenters. The lowest BCUT2D eigenvalue weighted by Gasteiger charge is -2.02. The second-order valence-electron chi connectivity index (χ2n) is 3.84. The molecule has 8 nitrogen and oxygen atoms in total. The number of methoxy groups -OCH3 is 1. The normalized spacial score (nSPS) is 10.8. The Morgan fingerprint density at radius 2 is 1.95 bits per heavy atom. The van der Waals surface area contributed by atoms with Gasteiger partial charge in [-0.15, -0.1) is 0 Å². The molecule has 1 aromatic carbocycles. The molecule has 0 aromatic heterocycles. The minimum atomic E-state index is -0.555. The van der Waals surface area contributed by atoms with Crippen LogP contribution in [0.4, 0.5) is 5.69 Å². The molecule has 0 radical (unpaired) electrons. The molecule has 8 heteroatoms. The van der Waals surface area contributed by atoms with Gasteiger partial charge in [-0.3, -0.25) is 19.7 Å². The van der Waals surface area contributed by atoms with E-state index in [0.717, 1.165) is 0 Å². The molecule has 0 heterocycles. The molecule has 1 rings (SSSR count). The van der Waals surface area contributed by atoms with E-state index in [1.165, 1.54) is 31.4 Å². The van der Waals surface area contributed by atoms with Gasteiger partial charge in [0.1, 0.15) is 0 Å². The summed E-state index contributed by atoms with van der Waals surface area (Å²) < 4.78 is 4.45. The fourth-order valence-electron chi connectivity index (χ4n) is 1.27. The quantitative estimate of drug-likeness (QED) is 0.377. The number of esters is 1. The van der Waals surface area contributed by atoms with Gasteiger partial charge in [0, 0.05) is 23.4 Å². The topological polar surface area (TPSA) is 111 Å². The van der Waals surface area contributed by atoms with Crippen molar-refractivity contribution >= 4 is 23.3 Å². The van der Waals surface area contributed by atoms with Gasteiger partial charge in [0.25, 0.3) is 11.6 Å². The number of hydrazone groups is 1. The summed E-state index contributed by atoms with van der Waals surface area (Å²) in [6.45, 7) is 1.56. The van der Waals surface area contributed by atoms with E-state index >= 15 is 0 Å². The molecule has 0 aliphatic rings. The first-order valence-electron chi connectivity index (χ1n) is 5.59. The molecule has 0 aliphatic carbocycles. The second-order valence-corrected chi connectivity index (χ2v) is 3.84. The molecule has 0 spiro atoms. The van der Waals surface area contributed by atoms with E-state index in [9.17, 15) is 19.7 Å². The molecule has 1 aromatic rings. The van der Waals surface area contributed by atoms with Crippen molar-refractivity contribution in [2.75, 3.05) is 7.11 Å². The lowest BCUT2D eigenvalue weighted by atomic mass is 10.2. The number of hydrogen-bond acceptors (Lipinski definition) is 6. The summed E-state index contributed by atoms with van der Waals surface area (Å²) in [6, 6.07) is 5.08. The van der Waals surface area contributed by atoms with Crippen LogP contribution in [0.25, 0.3) is 0 Å². The number of amides is 1. The van der Waals surface area contributed by atoms with Crippen LogP contribution in [0.15, 0.2) is 29.4 Å². The van der Waals surface area contributed by atoms with E-state index in [4.69, 9.17) is 0 Å². The average Bonchev–Trinajstić information content (AvgIpc) is 2.44. The minimum Gasteiger partial charge on any atom is -0.469 e. The zero-order valence-corrected chi connectivity index (χ0v) is 11.0. The van der Waals surface area contributed by atoms with Crippen LogP contribution in [0.3, 0.4) is 0 Å². The lowest BCUT2D eigenvalue weighted by Crippen LogP contribution is -2.20. The van der Waals surface area contributed by atoms with E-state index < -0.39 is 16.8 Å². The molecule has 1 N–H and O–H groups in total. The van der Waals surface area contributed by atoms with Gasteiger partial charge in [-0.2, -0.15) is 5.10 Å². The summed E-state index contributed by atoms with van der Waals surface area (Å²) in [6.07, 6.45) is -0.0307. The van der Waals surface area contributed by atoms with Gasteiger partial charge in [0.2, 0.25) is 0 Å². The standard InChI is InChI=1S/C12H13N3O5/c1-8(7-11(16)20-2)13-14-12(17)9-3-5-10(6-4-9)15(18)19/h3-6H,7H2,1-2H3,(H,14,17)/b13-8-. The van der Waals surface area contributed by atoms with Gasteiger partial charge >= 0.3 is 5.97 Å². The third-order valence-electron chi connectivity index (χ3n) is 2.32. The van der Waals surface area contributed by atoms with E-state index in [1.807, 2.05) is 0 Å². The number of carbonyl (C=O) groups excluding carboxylic acids is 2. The Morgan fingerprint density at radius 1 is 1.35 bits per heavy atom. The number of ether oxygens (including phenoxy) is 1. The van der Waals surface area contributed by atoms with Crippen LogP contribution in [0.5, 0.6) is 0 Å². The maximum atomic E-state index is 11.7. The first-order valence-corrected chi connectivity index (χ1v) is 5.59. The zero-order chi connectivity index (χ0) is 15.1. The molecule has 0 aliphatic heterocycles. The predicted octanol–water partition coefficient (Wildman–Crippen LogP) is 1.26. The van der Waals surface area contributed by atoms with Crippen LogP contribution in [0, 0.1) is 10.1 Å². The van der Waals surface area contributed by atoms with Crippen molar-refractivity contribution in [3.63, 3.8) is 0 Å². The summed E-state index contributed by atoms with van der Waals surface area (Å²) in [4.78, 5) is 32.6. The number of nitro benzene ring substituents is 1. The molecular formula is C12H13N3O5. The number of non-ortho nitro benzene ring substituents is 1. The van der Waals surface area contributed by atoms with Crippen LogP contribution in [-0.2, 0) is 9.53 Å². The van der Waals surface area contributed by atoms with E-state index in [1.54, 1.807) is 6.92 Å². The molecule has 1 amide bonds. The van der Waals surface area contributed by atoms with Crippen molar-refractivity contribution in [1.82, 2.24) is 5.43 Å². The highest BCUT2D eigenvalue weighted by Gasteiger charge is 2.09. The molecule has 20 heavy (non-hydrogen) atoms. The van der Waals surface area contributed by atoms with Crippen LogP contribution in [0.1, 0.15) is 23.7 Å². The Balaban J connectivity index is 2.65. The van der Waals surface area contributed by atoms with Gasteiger partial charge in [0.05, 0.1) is 18.5 Å². The lowest BCUT2D eigenvalue weighted by molar-refractivity contribution is -0.384. The number of nitrogens with zero attached hydrogens (tertiary/aromatic N) is 2. The van der Waals surface area contributed by atoms with Gasteiger partial charge in [-0.25, -0.2) is 5.43 Å². The first kappa shape index (κ1) is 15.3. The van der Waals surface area contributed by atoms with Crippen LogP contribution < -0.4 is 5.43 Å². The van der Waals surface area contributed by atoms with Crippen LogP contribution in [-0.4, -0.2) is 29.6 Å². The number of benzene rings is 1. The third kappa shape index (κ3) is 4.48.